The number of hydrogen-bond acceptors (Lipinski definition) is 6. The number of benzene rings is 2. The first-order chi connectivity index (χ1) is 13.4. The molecule has 0 amide bonds. The second-order valence-electron chi connectivity index (χ2n) is 6.61. The van der Waals surface area contributed by atoms with Crippen molar-refractivity contribution in [3.8, 4) is 5.75 Å². The molecule has 0 spiro atoms. The summed E-state index contributed by atoms with van der Waals surface area (Å²) in [4.78, 5) is 12.5. The van der Waals surface area contributed by atoms with Crippen LogP contribution in [0.5, 0.6) is 5.75 Å². The normalized spacial score (nSPS) is 16.5. The van der Waals surface area contributed by atoms with Gasteiger partial charge < -0.3 is 4.74 Å². The predicted molar refractivity (Wildman–Crippen MR) is 105 cm³/mol. The highest BCUT2D eigenvalue weighted by molar-refractivity contribution is 7.89. The number of sulfonamides is 1. The predicted octanol–water partition coefficient (Wildman–Crippen LogP) is 2.50. The molecule has 9 heteroatoms. The number of nitro benzene ring substituents is 1. The summed E-state index contributed by atoms with van der Waals surface area (Å²) in [6.07, 6.45) is 0.663. The smallest absolute Gasteiger partial charge is 0.289 e. The van der Waals surface area contributed by atoms with Gasteiger partial charge in [-0.15, -0.1) is 0 Å². The van der Waals surface area contributed by atoms with Crippen LogP contribution in [0.3, 0.4) is 0 Å². The molecule has 8 nitrogen and oxygen atoms in total. The zero-order chi connectivity index (χ0) is 20.1. The fourth-order valence-corrected chi connectivity index (χ4v) is 4.93. The van der Waals surface area contributed by atoms with Crippen molar-refractivity contribution >= 4 is 15.7 Å². The monoisotopic (exact) mass is 405 g/mol. The van der Waals surface area contributed by atoms with E-state index >= 15 is 0 Å². The lowest BCUT2D eigenvalue weighted by Crippen LogP contribution is -2.35. The van der Waals surface area contributed by atoms with Gasteiger partial charge in [0.15, 0.2) is 4.90 Å². The molecular formula is C19H23N3O5S. The Morgan fingerprint density at radius 1 is 1.04 bits per heavy atom. The zero-order valence-corrected chi connectivity index (χ0v) is 16.5. The number of para-hydroxylation sites is 1. The summed E-state index contributed by atoms with van der Waals surface area (Å²) in [5.74, 6) is 0.793. The lowest BCUT2D eigenvalue weighted by molar-refractivity contribution is -0.387. The molecule has 0 aliphatic carbocycles. The summed E-state index contributed by atoms with van der Waals surface area (Å²) >= 11 is 0. The van der Waals surface area contributed by atoms with Crippen LogP contribution in [0.25, 0.3) is 0 Å². The maximum Gasteiger partial charge on any atom is 0.289 e. The molecule has 2 aromatic carbocycles. The molecule has 1 fully saturated rings. The van der Waals surface area contributed by atoms with Gasteiger partial charge in [0.05, 0.1) is 12.0 Å². The molecule has 28 heavy (non-hydrogen) atoms. The minimum Gasteiger partial charge on any atom is -0.497 e. The van der Waals surface area contributed by atoms with Crippen molar-refractivity contribution in [3.63, 3.8) is 0 Å². The van der Waals surface area contributed by atoms with E-state index in [0.717, 1.165) is 17.9 Å². The second kappa shape index (κ2) is 8.68. The van der Waals surface area contributed by atoms with E-state index in [4.69, 9.17) is 4.74 Å². The van der Waals surface area contributed by atoms with Crippen LogP contribution in [0.2, 0.25) is 0 Å². The number of methoxy groups -OCH3 is 1. The molecule has 150 valence electrons. The van der Waals surface area contributed by atoms with Gasteiger partial charge in [-0.2, -0.15) is 4.31 Å². The zero-order valence-electron chi connectivity index (χ0n) is 15.7. The van der Waals surface area contributed by atoms with Gasteiger partial charge in [0.1, 0.15) is 5.75 Å². The third kappa shape index (κ3) is 4.49. The first-order valence-corrected chi connectivity index (χ1v) is 10.4. The fourth-order valence-electron chi connectivity index (χ4n) is 3.30. The van der Waals surface area contributed by atoms with E-state index in [-0.39, 0.29) is 10.6 Å². The van der Waals surface area contributed by atoms with Crippen LogP contribution >= 0.6 is 0 Å². The van der Waals surface area contributed by atoms with Crippen molar-refractivity contribution in [2.75, 3.05) is 33.3 Å². The van der Waals surface area contributed by atoms with Crippen LogP contribution in [0, 0.1) is 10.1 Å². The topological polar surface area (TPSA) is 93.0 Å². The van der Waals surface area contributed by atoms with Crippen LogP contribution in [-0.4, -0.2) is 55.8 Å². The highest BCUT2D eigenvalue weighted by atomic mass is 32.2. The Balaban J connectivity index is 1.71. The number of nitro groups is 1. The van der Waals surface area contributed by atoms with Crippen molar-refractivity contribution in [1.82, 2.24) is 9.21 Å². The molecule has 3 rings (SSSR count). The molecule has 0 bridgehead atoms. The Bertz CT molecular complexity index is 931. The summed E-state index contributed by atoms with van der Waals surface area (Å²) < 4.78 is 32.5. The van der Waals surface area contributed by atoms with Gasteiger partial charge >= 0.3 is 0 Å². The molecule has 1 heterocycles. The number of rotatable bonds is 6. The molecular weight excluding hydrogens is 382 g/mol. The van der Waals surface area contributed by atoms with Crippen LogP contribution < -0.4 is 4.74 Å². The largest absolute Gasteiger partial charge is 0.497 e. The molecule has 0 N–H and O–H groups in total. The Labute approximate surface area is 164 Å². The molecule has 0 saturated carbocycles. The van der Waals surface area contributed by atoms with Crippen molar-refractivity contribution in [2.24, 2.45) is 0 Å². The van der Waals surface area contributed by atoms with Crippen molar-refractivity contribution in [1.29, 1.82) is 0 Å². The van der Waals surface area contributed by atoms with Gasteiger partial charge in [0.25, 0.3) is 5.69 Å². The van der Waals surface area contributed by atoms with E-state index in [9.17, 15) is 18.5 Å². The highest BCUT2D eigenvalue weighted by Gasteiger charge is 2.32. The third-order valence-electron chi connectivity index (χ3n) is 4.79. The van der Waals surface area contributed by atoms with E-state index in [1.807, 2.05) is 24.3 Å². The van der Waals surface area contributed by atoms with Crippen LogP contribution in [0.4, 0.5) is 5.69 Å². The van der Waals surface area contributed by atoms with E-state index in [0.29, 0.717) is 32.6 Å². The van der Waals surface area contributed by atoms with E-state index in [1.54, 1.807) is 7.11 Å². The van der Waals surface area contributed by atoms with Gasteiger partial charge in [0.2, 0.25) is 10.0 Å². The maximum absolute atomic E-state index is 13.0. The standard InChI is InChI=1S/C19H23N3O5S/c1-27-17-9-7-16(8-10-17)15-20-11-4-12-21(14-13-20)28(25,26)19-6-3-2-5-18(19)22(23)24/h2-3,5-10H,4,11-15H2,1H3. The average molecular weight is 405 g/mol. The first kappa shape index (κ1) is 20.2. The Morgan fingerprint density at radius 3 is 2.43 bits per heavy atom. The quantitative estimate of drug-likeness (QED) is 0.542. The minimum absolute atomic E-state index is 0.247. The van der Waals surface area contributed by atoms with Crippen molar-refractivity contribution in [3.05, 3.63) is 64.2 Å². The second-order valence-corrected chi connectivity index (χ2v) is 8.51. The summed E-state index contributed by atoms with van der Waals surface area (Å²) in [5.41, 5.74) is 0.734. The van der Waals surface area contributed by atoms with Crippen LogP contribution in [0.15, 0.2) is 53.4 Å². The fraction of sp³-hybridized carbons (Fsp3) is 0.368. The number of ether oxygens (including phenoxy) is 1. The lowest BCUT2D eigenvalue weighted by Gasteiger charge is -2.22. The summed E-state index contributed by atoms with van der Waals surface area (Å²) in [6, 6.07) is 13.3. The Morgan fingerprint density at radius 2 is 1.75 bits per heavy atom. The van der Waals surface area contributed by atoms with Gasteiger partial charge in [0, 0.05) is 32.2 Å². The number of hydrogen-bond donors (Lipinski definition) is 0. The van der Waals surface area contributed by atoms with E-state index in [1.165, 1.54) is 28.6 Å². The van der Waals surface area contributed by atoms with Gasteiger partial charge in [-0.1, -0.05) is 24.3 Å². The first-order valence-electron chi connectivity index (χ1n) is 9.00. The van der Waals surface area contributed by atoms with Gasteiger partial charge in [-0.25, -0.2) is 8.42 Å². The molecule has 0 radical (unpaired) electrons. The van der Waals surface area contributed by atoms with Gasteiger partial charge in [-0.05, 0) is 36.7 Å². The molecule has 1 saturated heterocycles. The average Bonchev–Trinajstić information content (AvgIpc) is 2.94. The Kier molecular flexibility index (Phi) is 6.28. The van der Waals surface area contributed by atoms with Crippen molar-refractivity contribution < 1.29 is 18.1 Å². The molecule has 0 aromatic heterocycles. The SMILES string of the molecule is COc1ccc(CN2CCCN(S(=O)(=O)c3ccccc3[N+](=O)[O-])CC2)cc1. The molecule has 1 aliphatic heterocycles. The maximum atomic E-state index is 13.0. The van der Waals surface area contributed by atoms with E-state index in [2.05, 4.69) is 4.90 Å². The molecule has 0 unspecified atom stereocenters. The lowest BCUT2D eigenvalue weighted by atomic mass is 10.2. The highest BCUT2D eigenvalue weighted by Crippen LogP contribution is 2.27. The minimum atomic E-state index is -3.92. The summed E-state index contributed by atoms with van der Waals surface area (Å²) in [6.45, 7) is 2.67. The summed E-state index contributed by atoms with van der Waals surface area (Å²) in [5, 5.41) is 11.2. The molecule has 1 aliphatic rings. The van der Waals surface area contributed by atoms with Crippen LogP contribution in [0.1, 0.15) is 12.0 Å². The summed E-state index contributed by atoms with van der Waals surface area (Å²) in [7, 11) is -2.30. The van der Waals surface area contributed by atoms with Crippen LogP contribution in [-0.2, 0) is 16.6 Å². The molecule has 2 aromatic rings. The third-order valence-corrected chi connectivity index (χ3v) is 6.74. The Hall–Kier alpha value is -2.49. The van der Waals surface area contributed by atoms with Gasteiger partial charge in [-0.3, -0.25) is 15.0 Å². The molecule has 0 atom stereocenters. The number of nitrogens with zero attached hydrogens (tertiary/aromatic N) is 3. The van der Waals surface area contributed by atoms with E-state index < -0.39 is 14.9 Å². The van der Waals surface area contributed by atoms with Crippen molar-refractivity contribution in [2.45, 2.75) is 17.9 Å².